The van der Waals surface area contributed by atoms with Crippen LogP contribution < -0.4 is 33.6 Å². The zero-order valence-corrected chi connectivity index (χ0v) is 17.7. The van der Waals surface area contributed by atoms with Gasteiger partial charge in [-0.2, -0.15) is 11.8 Å². The van der Waals surface area contributed by atoms with E-state index in [1.165, 1.54) is 11.8 Å². The Kier molecular flexibility index (Phi) is 14.7. The van der Waals surface area contributed by atoms with Gasteiger partial charge in [-0.25, -0.2) is 4.79 Å². The Morgan fingerprint density at radius 2 is 1.66 bits per heavy atom. The van der Waals surface area contributed by atoms with Crippen molar-refractivity contribution in [1.29, 1.82) is 0 Å². The maximum absolute atomic E-state index is 12.6. The first-order chi connectivity index (χ1) is 13.7. The number of nitrogens with two attached hydrogens (primary N) is 4. The number of amides is 2. The lowest BCUT2D eigenvalue weighted by molar-refractivity contribution is -0.142. The van der Waals surface area contributed by atoms with E-state index in [1.54, 1.807) is 0 Å². The fraction of sp³-hybridized carbons (Fsp3) is 0.765. The molecule has 0 rings (SSSR count). The number of nitrogens with one attached hydrogen (secondary N) is 2. The third kappa shape index (κ3) is 12.9. The molecule has 168 valence electrons. The quantitative estimate of drug-likeness (QED) is 0.0838. The standard InChI is InChI=1S/C17H35N7O4S/c1-29-10-7-12(15(26)24-13(16(27)28)6-2-3-8-18)23-14(25)11(19)5-4-9-22-17(20)21/h11-13H,2-10,18-19H2,1H3,(H,23,25)(H,24,26)(H,27,28)(H4,20,21,22). The molecule has 0 saturated carbocycles. The van der Waals surface area contributed by atoms with E-state index < -0.39 is 35.9 Å². The smallest absolute Gasteiger partial charge is 0.326 e. The highest BCUT2D eigenvalue weighted by Crippen LogP contribution is 2.06. The molecule has 0 aromatic carbocycles. The first kappa shape index (κ1) is 27.0. The van der Waals surface area contributed by atoms with Gasteiger partial charge in [-0.1, -0.05) is 0 Å². The number of rotatable bonds is 16. The molecule has 0 saturated heterocycles. The summed E-state index contributed by atoms with van der Waals surface area (Å²) in [6.07, 6.45) is 4.60. The van der Waals surface area contributed by atoms with Gasteiger partial charge in [0, 0.05) is 6.54 Å². The molecule has 0 radical (unpaired) electrons. The van der Waals surface area contributed by atoms with Crippen LogP contribution in [0.3, 0.4) is 0 Å². The number of aliphatic imine (C=N–C) groups is 1. The molecule has 0 aliphatic heterocycles. The second-order valence-electron chi connectivity index (χ2n) is 6.58. The number of unbranched alkanes of at least 4 members (excludes halogenated alkanes) is 1. The van der Waals surface area contributed by atoms with Crippen LogP contribution in [-0.2, 0) is 14.4 Å². The minimum Gasteiger partial charge on any atom is -0.480 e. The van der Waals surface area contributed by atoms with Gasteiger partial charge in [0.2, 0.25) is 11.8 Å². The van der Waals surface area contributed by atoms with Crippen molar-refractivity contribution in [2.75, 3.05) is 25.1 Å². The number of hydrogen-bond donors (Lipinski definition) is 7. The Morgan fingerprint density at radius 1 is 1.00 bits per heavy atom. The van der Waals surface area contributed by atoms with Gasteiger partial charge in [0.25, 0.3) is 0 Å². The molecule has 0 spiro atoms. The van der Waals surface area contributed by atoms with Crippen molar-refractivity contribution in [2.45, 2.75) is 56.7 Å². The van der Waals surface area contributed by atoms with Gasteiger partial charge in [0.15, 0.2) is 5.96 Å². The summed E-state index contributed by atoms with van der Waals surface area (Å²) in [6.45, 7) is 0.802. The molecule has 0 aliphatic rings. The molecule has 0 aromatic rings. The number of guanidine groups is 1. The molecular formula is C17H35N7O4S. The largest absolute Gasteiger partial charge is 0.480 e. The number of carbonyl (C=O) groups is 3. The average Bonchev–Trinajstić information content (AvgIpc) is 2.66. The number of nitrogens with zero attached hydrogens (tertiary/aromatic N) is 1. The normalized spacial score (nSPS) is 13.8. The second-order valence-corrected chi connectivity index (χ2v) is 7.57. The maximum Gasteiger partial charge on any atom is 0.326 e. The molecule has 12 heteroatoms. The summed E-state index contributed by atoms with van der Waals surface area (Å²) in [5.74, 6) is -1.56. The number of thioether (sulfide) groups is 1. The summed E-state index contributed by atoms with van der Waals surface area (Å²) >= 11 is 1.51. The SMILES string of the molecule is CSCCC(NC(=O)C(N)CCCN=C(N)N)C(=O)NC(CCCCN)C(=O)O. The van der Waals surface area contributed by atoms with Crippen LogP contribution in [0.1, 0.15) is 38.5 Å². The van der Waals surface area contributed by atoms with E-state index in [2.05, 4.69) is 15.6 Å². The molecule has 3 atom stereocenters. The summed E-state index contributed by atoms with van der Waals surface area (Å²) in [7, 11) is 0. The fourth-order valence-corrected chi connectivity index (χ4v) is 2.93. The molecule has 0 aromatic heterocycles. The van der Waals surface area contributed by atoms with Crippen LogP contribution in [0, 0.1) is 0 Å². The van der Waals surface area contributed by atoms with Crippen LogP contribution in [0.2, 0.25) is 0 Å². The van der Waals surface area contributed by atoms with Crippen molar-refractivity contribution in [1.82, 2.24) is 10.6 Å². The molecule has 3 unspecified atom stereocenters. The fourth-order valence-electron chi connectivity index (χ4n) is 2.46. The third-order valence-electron chi connectivity index (χ3n) is 4.11. The molecule has 11 N–H and O–H groups in total. The zero-order valence-electron chi connectivity index (χ0n) is 16.9. The van der Waals surface area contributed by atoms with Crippen LogP contribution in [0.25, 0.3) is 0 Å². The molecular weight excluding hydrogens is 398 g/mol. The van der Waals surface area contributed by atoms with Crippen molar-refractivity contribution >= 4 is 35.5 Å². The predicted molar refractivity (Wildman–Crippen MR) is 115 cm³/mol. The molecule has 0 heterocycles. The van der Waals surface area contributed by atoms with Crippen molar-refractivity contribution < 1.29 is 19.5 Å². The van der Waals surface area contributed by atoms with Crippen molar-refractivity contribution in [3.8, 4) is 0 Å². The number of carboxylic acid groups (broad SMARTS) is 1. The van der Waals surface area contributed by atoms with E-state index in [1.807, 2.05) is 6.26 Å². The summed E-state index contributed by atoms with van der Waals surface area (Å²) in [5, 5.41) is 14.5. The summed E-state index contributed by atoms with van der Waals surface area (Å²) in [5.41, 5.74) is 21.8. The summed E-state index contributed by atoms with van der Waals surface area (Å²) < 4.78 is 0. The molecule has 11 nitrogen and oxygen atoms in total. The monoisotopic (exact) mass is 433 g/mol. The Labute approximate surface area is 175 Å². The first-order valence-electron chi connectivity index (χ1n) is 9.56. The molecule has 0 aliphatic carbocycles. The summed E-state index contributed by atoms with van der Waals surface area (Å²) in [4.78, 5) is 40.1. The van der Waals surface area contributed by atoms with Gasteiger partial charge >= 0.3 is 5.97 Å². The molecule has 0 fully saturated rings. The van der Waals surface area contributed by atoms with Crippen molar-refractivity contribution in [2.24, 2.45) is 27.9 Å². The Morgan fingerprint density at radius 3 is 2.21 bits per heavy atom. The Bertz CT molecular complexity index is 544. The van der Waals surface area contributed by atoms with E-state index >= 15 is 0 Å². The number of hydrogen-bond acceptors (Lipinski definition) is 7. The van der Waals surface area contributed by atoms with Crippen molar-refractivity contribution in [3.63, 3.8) is 0 Å². The lowest BCUT2D eigenvalue weighted by atomic mass is 10.1. The number of carbonyl (C=O) groups excluding carboxylic acids is 2. The van der Waals surface area contributed by atoms with E-state index in [9.17, 15) is 19.5 Å². The van der Waals surface area contributed by atoms with E-state index in [4.69, 9.17) is 22.9 Å². The average molecular weight is 434 g/mol. The van der Waals surface area contributed by atoms with Crippen LogP contribution >= 0.6 is 11.8 Å². The van der Waals surface area contributed by atoms with Crippen LogP contribution in [0.5, 0.6) is 0 Å². The summed E-state index contributed by atoms with van der Waals surface area (Å²) in [6, 6.07) is -2.72. The molecule has 2 amide bonds. The van der Waals surface area contributed by atoms with Gasteiger partial charge in [-0.05, 0) is 57.1 Å². The zero-order chi connectivity index (χ0) is 22.2. The van der Waals surface area contributed by atoms with Gasteiger partial charge in [0.05, 0.1) is 6.04 Å². The highest BCUT2D eigenvalue weighted by Gasteiger charge is 2.27. The van der Waals surface area contributed by atoms with Gasteiger partial charge < -0.3 is 38.7 Å². The number of carboxylic acids is 1. The highest BCUT2D eigenvalue weighted by atomic mass is 32.2. The predicted octanol–water partition coefficient (Wildman–Crippen LogP) is -1.70. The minimum absolute atomic E-state index is 0.0312. The Hall–Kier alpha value is -2.05. The topological polar surface area (TPSA) is 212 Å². The van der Waals surface area contributed by atoms with Crippen LogP contribution in [0.4, 0.5) is 0 Å². The van der Waals surface area contributed by atoms with Crippen molar-refractivity contribution in [3.05, 3.63) is 0 Å². The lowest BCUT2D eigenvalue weighted by Gasteiger charge is -2.22. The second kappa shape index (κ2) is 15.8. The minimum atomic E-state index is -1.12. The van der Waals surface area contributed by atoms with E-state index in [-0.39, 0.29) is 12.4 Å². The van der Waals surface area contributed by atoms with Gasteiger partial charge in [-0.3, -0.25) is 14.6 Å². The highest BCUT2D eigenvalue weighted by molar-refractivity contribution is 7.98. The van der Waals surface area contributed by atoms with Crippen LogP contribution in [-0.4, -0.2) is 72.1 Å². The molecule has 29 heavy (non-hydrogen) atoms. The van der Waals surface area contributed by atoms with E-state index in [0.29, 0.717) is 50.9 Å². The van der Waals surface area contributed by atoms with E-state index in [0.717, 1.165) is 0 Å². The number of aliphatic carboxylic acids is 1. The molecule has 0 bridgehead atoms. The Balaban J connectivity index is 4.81. The lowest BCUT2D eigenvalue weighted by Crippen LogP contribution is -2.54. The van der Waals surface area contributed by atoms with Gasteiger partial charge in [-0.15, -0.1) is 0 Å². The van der Waals surface area contributed by atoms with Crippen LogP contribution in [0.15, 0.2) is 4.99 Å². The van der Waals surface area contributed by atoms with Gasteiger partial charge in [0.1, 0.15) is 12.1 Å². The first-order valence-corrected chi connectivity index (χ1v) is 11.0. The maximum atomic E-state index is 12.6. The third-order valence-corrected chi connectivity index (χ3v) is 4.75.